The van der Waals surface area contributed by atoms with Crippen LogP contribution >= 0.6 is 11.5 Å². The second-order valence-electron chi connectivity index (χ2n) is 7.33. The number of nitrogens with zero attached hydrogens (tertiary/aromatic N) is 3. The molecule has 4 aromatic rings. The number of oxazole rings is 1. The lowest BCUT2D eigenvalue weighted by Gasteiger charge is -2.15. The zero-order chi connectivity index (χ0) is 22.1. The van der Waals surface area contributed by atoms with Crippen molar-refractivity contribution in [3.8, 4) is 0 Å². The van der Waals surface area contributed by atoms with Gasteiger partial charge in [-0.15, -0.1) is 0 Å². The molecule has 0 bridgehead atoms. The van der Waals surface area contributed by atoms with Gasteiger partial charge in [-0.3, -0.25) is 9.29 Å². The highest BCUT2D eigenvalue weighted by Gasteiger charge is 2.19. The normalized spacial score (nSPS) is 14.4. The predicted octanol–water partition coefficient (Wildman–Crippen LogP) is 2.67. The van der Waals surface area contributed by atoms with Crippen molar-refractivity contribution in [2.24, 2.45) is 0 Å². The van der Waals surface area contributed by atoms with Crippen molar-refractivity contribution in [1.29, 1.82) is 0 Å². The van der Waals surface area contributed by atoms with E-state index in [-0.39, 0.29) is 15.6 Å². The molecule has 0 fully saturated rings. The lowest BCUT2D eigenvalue weighted by Crippen LogP contribution is -2.21. The lowest BCUT2D eigenvalue weighted by molar-refractivity contribution is 0.517. The summed E-state index contributed by atoms with van der Waals surface area (Å²) in [4.78, 5) is 16.3. The first-order valence-electron chi connectivity index (χ1n) is 9.91. The smallest absolute Gasteiger partial charge is 0.408 e. The topological polar surface area (TPSA) is 119 Å². The molecule has 0 unspecified atom stereocenters. The Kier molecular flexibility index (Phi) is 5.37. The number of fused-ring (bicyclic) bond motifs is 1. The Morgan fingerprint density at radius 3 is 2.91 bits per heavy atom. The number of aromatic nitrogens is 3. The van der Waals surface area contributed by atoms with E-state index >= 15 is 0 Å². The highest BCUT2D eigenvalue weighted by Crippen LogP contribution is 2.23. The minimum Gasteiger partial charge on any atom is -0.408 e. The van der Waals surface area contributed by atoms with Gasteiger partial charge in [0.25, 0.3) is 10.0 Å². The van der Waals surface area contributed by atoms with Crippen LogP contribution in [0.15, 0.2) is 69.0 Å². The van der Waals surface area contributed by atoms with Crippen LogP contribution in [0.4, 0.5) is 5.13 Å². The fourth-order valence-corrected chi connectivity index (χ4v) is 5.35. The molecule has 0 saturated heterocycles. The maximum Gasteiger partial charge on any atom is 0.420 e. The van der Waals surface area contributed by atoms with Crippen molar-refractivity contribution in [2.45, 2.75) is 17.9 Å². The van der Waals surface area contributed by atoms with Crippen molar-refractivity contribution >= 4 is 43.4 Å². The molecule has 0 spiro atoms. The molecule has 2 aromatic carbocycles. The fraction of sp³-hybridized carbons (Fsp3) is 0.190. The monoisotopic (exact) mass is 469 g/mol. The Labute approximate surface area is 187 Å². The van der Waals surface area contributed by atoms with Crippen LogP contribution in [0.5, 0.6) is 0 Å². The largest absolute Gasteiger partial charge is 0.420 e. The first-order chi connectivity index (χ1) is 15.5. The molecule has 164 valence electrons. The lowest BCUT2D eigenvalue weighted by atomic mass is 10.0. The molecule has 2 N–H and O–H groups in total. The molecule has 0 radical (unpaired) electrons. The zero-order valence-corrected chi connectivity index (χ0v) is 18.4. The van der Waals surface area contributed by atoms with E-state index in [0.717, 1.165) is 42.2 Å². The maximum absolute atomic E-state index is 12.6. The molecule has 5 rings (SSSR count). The van der Waals surface area contributed by atoms with Crippen LogP contribution in [0.25, 0.3) is 16.7 Å². The molecule has 1 aliphatic heterocycles. The van der Waals surface area contributed by atoms with Crippen LogP contribution in [0, 0.1) is 0 Å². The van der Waals surface area contributed by atoms with Gasteiger partial charge in [-0.05, 0) is 47.9 Å². The van der Waals surface area contributed by atoms with Crippen molar-refractivity contribution in [1.82, 2.24) is 19.2 Å². The molecule has 32 heavy (non-hydrogen) atoms. The van der Waals surface area contributed by atoms with Gasteiger partial charge in [-0.2, -0.15) is 4.37 Å². The average molecular weight is 470 g/mol. The van der Waals surface area contributed by atoms with Gasteiger partial charge in [-0.1, -0.05) is 24.3 Å². The number of benzene rings is 2. The van der Waals surface area contributed by atoms with Crippen molar-refractivity contribution in [3.05, 3.63) is 76.5 Å². The van der Waals surface area contributed by atoms with Crippen LogP contribution < -0.4 is 15.8 Å². The van der Waals surface area contributed by atoms with E-state index in [9.17, 15) is 13.2 Å². The fourth-order valence-electron chi connectivity index (χ4n) is 3.67. The number of anilines is 1. The van der Waals surface area contributed by atoms with E-state index in [1.54, 1.807) is 6.07 Å². The van der Waals surface area contributed by atoms with Crippen LogP contribution in [-0.4, -0.2) is 35.4 Å². The molecule has 0 amide bonds. The molecule has 1 aliphatic rings. The summed E-state index contributed by atoms with van der Waals surface area (Å²) in [7, 11) is -3.88. The van der Waals surface area contributed by atoms with E-state index < -0.39 is 15.8 Å². The molecule has 0 atom stereocenters. The van der Waals surface area contributed by atoms with E-state index in [1.165, 1.54) is 28.6 Å². The van der Waals surface area contributed by atoms with Gasteiger partial charge < -0.3 is 9.73 Å². The molecule has 9 nitrogen and oxygen atoms in total. The standard InChI is InChI=1S/C21H19N5O4S2/c27-21-26(12-14-3-1-4-15(9-14)16-5-2-8-22-11-16)18-7-6-17(10-19(18)30-21)32(28,29)25-20-23-13-24-31-20/h1,3-7,9-10,13,22H,2,8,11-12H2,(H,23,24,25). The zero-order valence-electron chi connectivity index (χ0n) is 16.8. The van der Waals surface area contributed by atoms with Crippen LogP contribution in [0.1, 0.15) is 17.5 Å². The van der Waals surface area contributed by atoms with Crippen molar-refractivity contribution in [3.63, 3.8) is 0 Å². The average Bonchev–Trinajstić information content (AvgIpc) is 3.41. The molecule has 3 heterocycles. The first kappa shape index (κ1) is 20.6. The van der Waals surface area contributed by atoms with Gasteiger partial charge in [0.15, 0.2) is 5.58 Å². The van der Waals surface area contributed by atoms with Gasteiger partial charge in [0, 0.05) is 24.1 Å². The summed E-state index contributed by atoms with van der Waals surface area (Å²) in [6.07, 6.45) is 4.48. The Bertz CT molecular complexity index is 1470. The Hall–Kier alpha value is -3.28. The molecular formula is C21H19N5O4S2. The van der Waals surface area contributed by atoms with Crippen LogP contribution in [-0.2, 0) is 16.6 Å². The second kappa shape index (κ2) is 8.34. The van der Waals surface area contributed by atoms with Gasteiger partial charge >= 0.3 is 5.76 Å². The summed E-state index contributed by atoms with van der Waals surface area (Å²) in [5.41, 5.74) is 4.03. The van der Waals surface area contributed by atoms with E-state index in [1.807, 2.05) is 12.1 Å². The molecular weight excluding hydrogens is 450 g/mol. The molecule has 0 saturated carbocycles. The number of nitrogens with one attached hydrogen (secondary N) is 2. The third-order valence-electron chi connectivity index (χ3n) is 5.20. The SMILES string of the molecule is O=c1oc2cc(S(=O)(=O)Nc3ncns3)ccc2n1Cc1cccc(C2=CCCNC2)c1. The Morgan fingerprint density at radius 2 is 2.12 bits per heavy atom. The van der Waals surface area contributed by atoms with Gasteiger partial charge in [0.05, 0.1) is 17.0 Å². The summed E-state index contributed by atoms with van der Waals surface area (Å²) in [5, 5.41) is 3.52. The van der Waals surface area contributed by atoms with E-state index in [0.29, 0.717) is 12.1 Å². The summed E-state index contributed by atoms with van der Waals surface area (Å²) in [6, 6.07) is 12.4. The van der Waals surface area contributed by atoms with Gasteiger partial charge in [-0.25, -0.2) is 18.2 Å². The minimum atomic E-state index is -3.88. The summed E-state index contributed by atoms with van der Waals surface area (Å²) >= 11 is 0.930. The summed E-state index contributed by atoms with van der Waals surface area (Å²) in [5.74, 6) is -0.546. The maximum atomic E-state index is 12.6. The van der Waals surface area contributed by atoms with Gasteiger partial charge in [0.2, 0.25) is 5.13 Å². The van der Waals surface area contributed by atoms with Crippen molar-refractivity contribution in [2.75, 3.05) is 17.8 Å². The highest BCUT2D eigenvalue weighted by molar-refractivity contribution is 7.93. The third-order valence-corrected chi connectivity index (χ3v) is 7.24. The number of rotatable bonds is 6. The van der Waals surface area contributed by atoms with Crippen molar-refractivity contribution < 1.29 is 12.8 Å². The summed E-state index contributed by atoms with van der Waals surface area (Å²) < 4.78 is 38.2. The minimum absolute atomic E-state index is 0.0279. The molecule has 11 heteroatoms. The Morgan fingerprint density at radius 1 is 1.22 bits per heavy atom. The van der Waals surface area contributed by atoms with Crippen LogP contribution in [0.2, 0.25) is 0 Å². The number of hydrogen-bond donors (Lipinski definition) is 2. The molecule has 2 aromatic heterocycles. The second-order valence-corrected chi connectivity index (χ2v) is 9.79. The first-order valence-corrected chi connectivity index (χ1v) is 12.2. The molecule has 0 aliphatic carbocycles. The Balaban J connectivity index is 1.45. The quantitative estimate of drug-likeness (QED) is 0.446. The predicted molar refractivity (Wildman–Crippen MR) is 122 cm³/mol. The number of sulfonamides is 1. The van der Waals surface area contributed by atoms with Crippen LogP contribution in [0.3, 0.4) is 0 Å². The van der Waals surface area contributed by atoms with E-state index in [2.05, 4.69) is 37.6 Å². The highest BCUT2D eigenvalue weighted by atomic mass is 32.2. The van der Waals surface area contributed by atoms with E-state index in [4.69, 9.17) is 4.42 Å². The van der Waals surface area contributed by atoms with Gasteiger partial charge in [0.1, 0.15) is 6.33 Å². The number of hydrogen-bond acceptors (Lipinski definition) is 8. The third kappa shape index (κ3) is 4.09. The summed E-state index contributed by atoms with van der Waals surface area (Å²) in [6.45, 7) is 2.11.